The molecule has 10 nitrogen and oxygen atoms in total. The molecule has 3 N–H and O–H groups in total. The summed E-state index contributed by atoms with van der Waals surface area (Å²) < 4.78 is 35.2. The first-order valence-corrected chi connectivity index (χ1v) is 13.9. The van der Waals surface area contributed by atoms with E-state index in [2.05, 4.69) is 25.8 Å². The number of alkyl halides is 2. The van der Waals surface area contributed by atoms with Crippen molar-refractivity contribution >= 4 is 34.5 Å². The summed E-state index contributed by atoms with van der Waals surface area (Å²) in [5.41, 5.74) is 1.78. The molecule has 6 rings (SSSR count). The van der Waals surface area contributed by atoms with Gasteiger partial charge in [-0.1, -0.05) is 30.3 Å². The van der Waals surface area contributed by atoms with Crippen molar-refractivity contribution in [3.8, 4) is 5.82 Å². The molecule has 1 saturated carbocycles. The van der Waals surface area contributed by atoms with Crippen LogP contribution in [0.3, 0.4) is 0 Å². The maximum absolute atomic E-state index is 14.1. The Bertz CT molecular complexity index is 1480. The maximum atomic E-state index is 14.1. The van der Waals surface area contributed by atoms with Gasteiger partial charge in [0.05, 0.1) is 24.2 Å². The summed E-state index contributed by atoms with van der Waals surface area (Å²) in [6.07, 6.45) is 0.400. The minimum atomic E-state index is -2.78. The van der Waals surface area contributed by atoms with Gasteiger partial charge in [-0.05, 0) is 49.9 Å². The maximum Gasteiger partial charge on any atom is 0.319 e. The topological polar surface area (TPSA) is 109 Å². The second-order valence-corrected chi connectivity index (χ2v) is 10.3. The summed E-state index contributed by atoms with van der Waals surface area (Å²) in [5.74, 6) is 0.997. The van der Waals surface area contributed by atoms with Gasteiger partial charge in [0, 0.05) is 36.9 Å². The molecule has 2 aromatic heterocycles. The molecule has 214 valence electrons. The number of amides is 2. The molecule has 4 aromatic rings. The Morgan fingerprint density at radius 1 is 0.878 bits per heavy atom. The Kier molecular flexibility index (Phi) is 7.90. The third kappa shape index (κ3) is 6.22. The lowest BCUT2D eigenvalue weighted by molar-refractivity contribution is 0.122. The van der Waals surface area contributed by atoms with Crippen LogP contribution >= 0.6 is 0 Å². The SMILES string of the molecule is O=C(Nc1ccccc1)N[C@H]1CC[C@H](Nc2nc(N3CCOCC3)cc(-n3c(C(F)F)nc4ccccc43)n2)CC1. The fraction of sp³-hybridized carbons (Fsp3) is 0.379. The number of ether oxygens (including phenoxy) is 1. The van der Waals surface area contributed by atoms with Gasteiger partial charge in [0.2, 0.25) is 5.95 Å². The van der Waals surface area contributed by atoms with Gasteiger partial charge in [-0.3, -0.25) is 4.57 Å². The lowest BCUT2D eigenvalue weighted by atomic mass is 9.91. The van der Waals surface area contributed by atoms with Crippen molar-refractivity contribution in [1.29, 1.82) is 0 Å². The van der Waals surface area contributed by atoms with Crippen molar-refractivity contribution in [2.24, 2.45) is 0 Å². The Morgan fingerprint density at radius 3 is 2.32 bits per heavy atom. The van der Waals surface area contributed by atoms with Crippen LogP contribution in [0, 0.1) is 0 Å². The van der Waals surface area contributed by atoms with Crippen LogP contribution in [0.15, 0.2) is 60.7 Å². The molecule has 1 saturated heterocycles. The van der Waals surface area contributed by atoms with Crippen LogP contribution in [0.4, 0.5) is 31.0 Å². The first-order chi connectivity index (χ1) is 20.0. The molecule has 0 atom stereocenters. The third-order valence-corrected chi connectivity index (χ3v) is 7.47. The average Bonchev–Trinajstić information content (AvgIpc) is 3.39. The molecule has 0 radical (unpaired) electrons. The number of para-hydroxylation sites is 3. The molecule has 0 bridgehead atoms. The van der Waals surface area contributed by atoms with Crippen LogP contribution in [0.2, 0.25) is 0 Å². The first-order valence-electron chi connectivity index (χ1n) is 13.9. The summed E-state index contributed by atoms with van der Waals surface area (Å²) in [5, 5.41) is 9.36. The van der Waals surface area contributed by atoms with E-state index in [1.54, 1.807) is 30.3 Å². The zero-order valence-corrected chi connectivity index (χ0v) is 22.5. The van der Waals surface area contributed by atoms with Gasteiger partial charge in [0.25, 0.3) is 6.43 Å². The van der Waals surface area contributed by atoms with E-state index in [1.165, 1.54) is 4.57 Å². The molecule has 2 aromatic carbocycles. The predicted molar refractivity (Wildman–Crippen MR) is 153 cm³/mol. The van der Waals surface area contributed by atoms with Crippen LogP contribution in [0.5, 0.6) is 0 Å². The van der Waals surface area contributed by atoms with Gasteiger partial charge in [0.1, 0.15) is 11.6 Å². The van der Waals surface area contributed by atoms with Crippen LogP contribution in [-0.4, -0.2) is 63.9 Å². The van der Waals surface area contributed by atoms with Gasteiger partial charge in [-0.15, -0.1) is 0 Å². The van der Waals surface area contributed by atoms with E-state index >= 15 is 0 Å². The normalized spacial score (nSPS) is 19.3. The number of morpholine rings is 1. The molecule has 1 aliphatic heterocycles. The monoisotopic (exact) mass is 562 g/mol. The number of hydrogen-bond acceptors (Lipinski definition) is 7. The minimum absolute atomic E-state index is 0.0545. The van der Waals surface area contributed by atoms with Crippen molar-refractivity contribution in [2.75, 3.05) is 41.8 Å². The fourth-order valence-corrected chi connectivity index (χ4v) is 5.43. The second-order valence-electron chi connectivity index (χ2n) is 10.3. The van der Waals surface area contributed by atoms with Gasteiger partial charge in [-0.25, -0.2) is 18.6 Å². The van der Waals surface area contributed by atoms with Gasteiger partial charge in [-0.2, -0.15) is 9.97 Å². The number of halogens is 2. The molecule has 1 aliphatic carbocycles. The Morgan fingerprint density at radius 2 is 1.56 bits per heavy atom. The molecule has 3 heterocycles. The number of hydrogen-bond donors (Lipinski definition) is 3. The number of fused-ring (bicyclic) bond motifs is 1. The molecule has 2 amide bonds. The van der Waals surface area contributed by atoms with Crippen molar-refractivity contribution in [2.45, 2.75) is 44.2 Å². The highest BCUT2D eigenvalue weighted by Gasteiger charge is 2.26. The van der Waals surface area contributed by atoms with Crippen LogP contribution in [0.25, 0.3) is 16.9 Å². The quantitative estimate of drug-likeness (QED) is 0.286. The van der Waals surface area contributed by atoms with E-state index in [1.807, 2.05) is 30.3 Å². The number of urea groups is 1. The molecular formula is C29H32F2N8O2. The summed E-state index contributed by atoms with van der Waals surface area (Å²) in [6.45, 7) is 2.41. The molecule has 2 fully saturated rings. The molecular weight excluding hydrogens is 530 g/mol. The van der Waals surface area contributed by atoms with E-state index in [4.69, 9.17) is 14.7 Å². The first kappa shape index (κ1) is 26.9. The number of nitrogens with one attached hydrogen (secondary N) is 3. The summed E-state index contributed by atoms with van der Waals surface area (Å²) in [4.78, 5) is 28.2. The lowest BCUT2D eigenvalue weighted by Gasteiger charge is -2.31. The number of rotatable bonds is 7. The van der Waals surface area contributed by atoms with Gasteiger partial charge in [0.15, 0.2) is 5.82 Å². The number of imidazole rings is 1. The van der Waals surface area contributed by atoms with E-state index in [-0.39, 0.29) is 23.9 Å². The third-order valence-electron chi connectivity index (χ3n) is 7.47. The summed E-state index contributed by atoms with van der Waals surface area (Å²) >= 11 is 0. The van der Waals surface area contributed by atoms with E-state index in [9.17, 15) is 13.6 Å². The largest absolute Gasteiger partial charge is 0.378 e. The second kappa shape index (κ2) is 12.0. The lowest BCUT2D eigenvalue weighted by Crippen LogP contribution is -2.42. The Balaban J connectivity index is 1.20. The summed E-state index contributed by atoms with van der Waals surface area (Å²) in [7, 11) is 0. The highest BCUT2D eigenvalue weighted by atomic mass is 19.3. The number of aromatic nitrogens is 4. The Hall–Kier alpha value is -4.32. The highest BCUT2D eigenvalue weighted by molar-refractivity contribution is 5.89. The molecule has 0 spiro atoms. The zero-order chi connectivity index (χ0) is 28.2. The smallest absolute Gasteiger partial charge is 0.319 e. The molecule has 41 heavy (non-hydrogen) atoms. The molecule has 12 heteroatoms. The highest BCUT2D eigenvalue weighted by Crippen LogP contribution is 2.30. The summed E-state index contributed by atoms with van der Waals surface area (Å²) in [6, 6.07) is 18.0. The average molecular weight is 563 g/mol. The van der Waals surface area contributed by atoms with Crippen LogP contribution < -0.4 is 20.9 Å². The van der Waals surface area contributed by atoms with Gasteiger partial charge >= 0.3 is 6.03 Å². The number of carbonyl (C=O) groups excluding carboxylic acids is 1. The van der Waals surface area contributed by atoms with E-state index in [0.717, 1.165) is 31.4 Å². The minimum Gasteiger partial charge on any atom is -0.378 e. The van der Waals surface area contributed by atoms with Crippen LogP contribution in [0.1, 0.15) is 37.9 Å². The van der Waals surface area contributed by atoms with Crippen LogP contribution in [-0.2, 0) is 4.74 Å². The number of nitrogens with zero attached hydrogens (tertiary/aromatic N) is 5. The standard InChI is InChI=1S/C29H32F2N8O2/c30-26(31)27-35-22-8-4-5-9-23(22)39(27)25-18-24(38-14-16-41-17-15-38)36-28(37-25)32-20-10-12-21(13-11-20)34-29(40)33-19-6-2-1-3-7-19/h1-9,18,20-21,26H,10-17H2,(H,32,36,37)(H2,33,34,40)/t20-,21-. The van der Waals surface area contributed by atoms with E-state index in [0.29, 0.717) is 54.9 Å². The Labute approximate surface area is 236 Å². The molecule has 0 unspecified atom stereocenters. The number of anilines is 3. The fourth-order valence-electron chi connectivity index (χ4n) is 5.43. The van der Waals surface area contributed by atoms with E-state index < -0.39 is 6.43 Å². The zero-order valence-electron chi connectivity index (χ0n) is 22.5. The van der Waals surface area contributed by atoms with Gasteiger partial charge < -0.3 is 25.6 Å². The number of carbonyl (C=O) groups is 1. The van der Waals surface area contributed by atoms with Crippen molar-refractivity contribution in [1.82, 2.24) is 24.8 Å². The molecule has 2 aliphatic rings. The van der Waals surface area contributed by atoms with Crippen molar-refractivity contribution in [3.05, 3.63) is 66.5 Å². The predicted octanol–water partition coefficient (Wildman–Crippen LogP) is 5.13. The van der Waals surface area contributed by atoms with Crippen molar-refractivity contribution in [3.63, 3.8) is 0 Å². The van der Waals surface area contributed by atoms with Crippen molar-refractivity contribution < 1.29 is 18.3 Å². The number of benzene rings is 2.